The maximum Gasteiger partial charge on any atom is 0.341 e. The minimum Gasteiger partial charge on any atom is -0.465 e. The van der Waals surface area contributed by atoms with E-state index in [2.05, 4.69) is 9.72 Å². The lowest BCUT2D eigenvalue weighted by Crippen LogP contribution is -2.27. The van der Waals surface area contributed by atoms with Crippen LogP contribution >= 0.6 is 0 Å². The summed E-state index contributed by atoms with van der Waals surface area (Å²) in [5.74, 6) is -0.902. The summed E-state index contributed by atoms with van der Waals surface area (Å²) in [6, 6.07) is 18.8. The molecule has 8 nitrogen and oxygen atoms in total. The first-order chi connectivity index (χ1) is 16.6. The highest BCUT2D eigenvalue weighted by Crippen LogP contribution is 2.15. The van der Waals surface area contributed by atoms with Gasteiger partial charge in [-0.25, -0.2) is 9.78 Å². The fourth-order valence-electron chi connectivity index (χ4n) is 3.70. The molecule has 174 valence electrons. The van der Waals surface area contributed by atoms with Crippen LogP contribution in [-0.2, 0) is 40.3 Å². The molecule has 2 aromatic carbocycles. The van der Waals surface area contributed by atoms with E-state index in [1.807, 2.05) is 54.6 Å². The summed E-state index contributed by atoms with van der Waals surface area (Å²) < 4.78 is 16.8. The highest BCUT2D eigenvalue weighted by molar-refractivity contribution is 5.90. The van der Waals surface area contributed by atoms with Gasteiger partial charge in [-0.3, -0.25) is 9.59 Å². The number of esters is 2. The molecule has 2 aromatic heterocycles. The van der Waals surface area contributed by atoms with Gasteiger partial charge in [-0.15, -0.1) is 0 Å². The molecule has 0 N–H and O–H groups in total. The summed E-state index contributed by atoms with van der Waals surface area (Å²) >= 11 is 0. The second-order valence-corrected chi connectivity index (χ2v) is 7.65. The number of benzene rings is 2. The van der Waals surface area contributed by atoms with E-state index in [0.29, 0.717) is 24.2 Å². The molecule has 2 heterocycles. The Bertz CT molecular complexity index is 1360. The van der Waals surface area contributed by atoms with Crippen LogP contribution in [0.3, 0.4) is 0 Å². The number of carbonyl (C=O) groups excluding carboxylic acids is 2. The highest BCUT2D eigenvalue weighted by Gasteiger charge is 2.18. The van der Waals surface area contributed by atoms with E-state index in [-0.39, 0.29) is 36.3 Å². The Labute approximate surface area is 195 Å². The lowest BCUT2D eigenvalue weighted by atomic mass is 10.1. The second-order valence-electron chi connectivity index (χ2n) is 7.65. The topological polar surface area (TPSA) is 101 Å². The summed E-state index contributed by atoms with van der Waals surface area (Å²) in [6.45, 7) is 0.293. The number of carbonyl (C=O) groups is 2. The van der Waals surface area contributed by atoms with Crippen LogP contribution in [0, 0.1) is 0 Å². The summed E-state index contributed by atoms with van der Waals surface area (Å²) in [6.07, 6.45) is 2.12. The summed E-state index contributed by atoms with van der Waals surface area (Å²) in [5, 5.41) is 0. The molecule has 4 aromatic rings. The third-order valence-electron chi connectivity index (χ3n) is 5.47. The average molecular weight is 460 g/mol. The first-order valence-corrected chi connectivity index (χ1v) is 10.9. The molecule has 0 aliphatic carbocycles. The van der Waals surface area contributed by atoms with E-state index < -0.39 is 11.9 Å². The lowest BCUT2D eigenvalue weighted by molar-refractivity contribution is -0.145. The van der Waals surface area contributed by atoms with Crippen molar-refractivity contribution in [3.63, 3.8) is 0 Å². The van der Waals surface area contributed by atoms with Gasteiger partial charge in [-0.1, -0.05) is 42.5 Å². The first-order valence-electron chi connectivity index (χ1n) is 10.9. The molecule has 0 saturated heterocycles. The fraction of sp³-hybridized carbons (Fsp3) is 0.231. The number of furan rings is 1. The van der Waals surface area contributed by atoms with Crippen molar-refractivity contribution in [2.45, 2.75) is 32.4 Å². The van der Waals surface area contributed by atoms with Gasteiger partial charge < -0.3 is 18.5 Å². The van der Waals surface area contributed by atoms with Gasteiger partial charge in [0, 0.05) is 13.0 Å². The van der Waals surface area contributed by atoms with Crippen LogP contribution < -0.4 is 5.56 Å². The van der Waals surface area contributed by atoms with E-state index in [0.717, 1.165) is 11.1 Å². The smallest absolute Gasteiger partial charge is 0.341 e. The molecule has 0 atom stereocenters. The molecule has 8 heteroatoms. The van der Waals surface area contributed by atoms with Crippen molar-refractivity contribution >= 4 is 23.0 Å². The van der Waals surface area contributed by atoms with Gasteiger partial charge in [-0.05, 0) is 30.2 Å². The molecule has 0 saturated carbocycles. The maximum absolute atomic E-state index is 13.2. The Morgan fingerprint density at radius 1 is 1.00 bits per heavy atom. The van der Waals surface area contributed by atoms with Gasteiger partial charge in [0.2, 0.25) is 0 Å². The fourth-order valence-corrected chi connectivity index (χ4v) is 3.70. The van der Waals surface area contributed by atoms with Crippen LogP contribution in [0.2, 0.25) is 0 Å². The molecule has 34 heavy (non-hydrogen) atoms. The quantitative estimate of drug-likeness (QED) is 0.351. The number of rotatable bonds is 9. The minimum absolute atomic E-state index is 0.0342. The molecule has 4 rings (SSSR count). The molecule has 0 aliphatic rings. The second kappa shape index (κ2) is 10.6. The number of fused-ring (bicyclic) bond motifs is 1. The molecular formula is C26H24N2O6. The largest absolute Gasteiger partial charge is 0.465 e. The van der Waals surface area contributed by atoms with Crippen LogP contribution in [0.5, 0.6) is 0 Å². The van der Waals surface area contributed by atoms with E-state index in [1.165, 1.54) is 19.4 Å². The number of aromatic nitrogens is 2. The summed E-state index contributed by atoms with van der Waals surface area (Å²) in [5.41, 5.74) is 2.86. The van der Waals surface area contributed by atoms with E-state index in [9.17, 15) is 14.4 Å². The Balaban J connectivity index is 1.46. The van der Waals surface area contributed by atoms with Crippen LogP contribution in [0.4, 0.5) is 0 Å². The third-order valence-corrected chi connectivity index (χ3v) is 5.47. The maximum atomic E-state index is 13.2. The Morgan fingerprint density at radius 3 is 2.56 bits per heavy atom. The molecule has 0 aliphatic heterocycles. The SMILES string of the molecule is COC(=O)c1ccoc1COC(=O)CCc1nc2ccccc2n(CCc2ccccc2)c1=O. The number of para-hydroxylation sites is 2. The van der Waals surface area contributed by atoms with Crippen molar-refractivity contribution < 1.29 is 23.5 Å². The van der Waals surface area contributed by atoms with Crippen LogP contribution in [0.15, 0.2) is 76.1 Å². The Hall–Kier alpha value is -4.20. The van der Waals surface area contributed by atoms with Crippen molar-refractivity contribution in [3.05, 3.63) is 99.9 Å². The van der Waals surface area contributed by atoms with Gasteiger partial charge in [0.15, 0.2) is 5.76 Å². The van der Waals surface area contributed by atoms with Gasteiger partial charge in [0.1, 0.15) is 17.9 Å². The number of hydrogen-bond donors (Lipinski definition) is 0. The molecule has 0 fully saturated rings. The summed E-state index contributed by atoms with van der Waals surface area (Å²) in [7, 11) is 1.26. The van der Waals surface area contributed by atoms with E-state index >= 15 is 0 Å². The number of ether oxygens (including phenoxy) is 2. The number of methoxy groups -OCH3 is 1. The third kappa shape index (κ3) is 5.23. The predicted molar refractivity (Wildman–Crippen MR) is 124 cm³/mol. The minimum atomic E-state index is -0.573. The zero-order valence-electron chi connectivity index (χ0n) is 18.7. The monoisotopic (exact) mass is 460 g/mol. The standard InChI is InChI=1S/C26H24N2O6/c1-32-26(31)19-14-16-33-23(19)17-34-24(29)12-11-21-25(30)28(15-13-18-7-3-2-4-8-18)22-10-6-5-9-20(22)27-21/h2-10,14,16H,11-13,15,17H2,1H3. The van der Waals surface area contributed by atoms with Crippen molar-refractivity contribution in [2.75, 3.05) is 7.11 Å². The molecule has 0 bridgehead atoms. The van der Waals surface area contributed by atoms with Gasteiger partial charge in [0.05, 0.1) is 30.8 Å². The average Bonchev–Trinajstić information content (AvgIpc) is 3.34. The number of hydrogen-bond acceptors (Lipinski definition) is 7. The number of nitrogens with zero attached hydrogens (tertiary/aromatic N) is 2. The zero-order chi connectivity index (χ0) is 23.9. The van der Waals surface area contributed by atoms with Crippen LogP contribution in [0.1, 0.15) is 33.8 Å². The first kappa shape index (κ1) is 23.0. The van der Waals surface area contributed by atoms with E-state index in [4.69, 9.17) is 9.15 Å². The number of aryl methyl sites for hydroxylation is 3. The zero-order valence-corrected chi connectivity index (χ0v) is 18.7. The van der Waals surface area contributed by atoms with Crippen molar-refractivity contribution in [2.24, 2.45) is 0 Å². The van der Waals surface area contributed by atoms with Crippen molar-refractivity contribution in [1.29, 1.82) is 0 Å². The molecular weight excluding hydrogens is 436 g/mol. The van der Waals surface area contributed by atoms with Crippen LogP contribution in [-0.4, -0.2) is 28.6 Å². The van der Waals surface area contributed by atoms with E-state index in [1.54, 1.807) is 4.57 Å². The summed E-state index contributed by atoms with van der Waals surface area (Å²) in [4.78, 5) is 41.7. The highest BCUT2D eigenvalue weighted by atomic mass is 16.5. The van der Waals surface area contributed by atoms with Crippen molar-refractivity contribution in [3.8, 4) is 0 Å². The molecule has 0 radical (unpaired) electrons. The molecule has 0 unspecified atom stereocenters. The Morgan fingerprint density at radius 2 is 1.76 bits per heavy atom. The Kier molecular flexibility index (Phi) is 7.17. The lowest BCUT2D eigenvalue weighted by Gasteiger charge is -2.12. The van der Waals surface area contributed by atoms with Gasteiger partial charge >= 0.3 is 11.9 Å². The normalized spacial score (nSPS) is 10.9. The van der Waals surface area contributed by atoms with Crippen molar-refractivity contribution in [1.82, 2.24) is 9.55 Å². The van der Waals surface area contributed by atoms with Gasteiger partial charge in [-0.2, -0.15) is 0 Å². The molecule has 0 spiro atoms. The molecule has 0 amide bonds. The van der Waals surface area contributed by atoms with Crippen LogP contribution in [0.25, 0.3) is 11.0 Å². The predicted octanol–water partition coefficient (Wildman–Crippen LogP) is 3.69. The van der Waals surface area contributed by atoms with Gasteiger partial charge in [0.25, 0.3) is 5.56 Å².